The van der Waals surface area contributed by atoms with Crippen molar-refractivity contribution in [2.75, 3.05) is 16.9 Å². The first kappa shape index (κ1) is 19.6. The predicted molar refractivity (Wildman–Crippen MR) is 110 cm³/mol. The molecule has 0 spiro atoms. The molecule has 4 aromatic rings. The first-order valence-electron chi connectivity index (χ1n) is 8.67. The second-order valence-corrected chi connectivity index (χ2v) is 8.57. The Morgan fingerprint density at radius 2 is 1.87 bits per heavy atom. The van der Waals surface area contributed by atoms with E-state index in [1.54, 1.807) is 37.4 Å². The summed E-state index contributed by atoms with van der Waals surface area (Å²) in [5, 5.41) is 5.70. The van der Waals surface area contributed by atoms with Crippen LogP contribution in [-0.2, 0) is 16.9 Å². The Morgan fingerprint density at radius 3 is 2.63 bits per heavy atom. The molecule has 4 rings (SSSR count). The monoisotopic (exact) mass is 429 g/mol. The van der Waals surface area contributed by atoms with Gasteiger partial charge in [0.05, 0.1) is 16.6 Å². The number of aryl methyl sites for hydroxylation is 1. The molecule has 0 radical (unpaired) electrons. The lowest BCUT2D eigenvalue weighted by molar-refractivity contribution is 0.528. The zero-order valence-electron chi connectivity index (χ0n) is 15.9. The number of hydrogen-bond donors (Lipinski definition) is 2. The minimum atomic E-state index is -3.38. The molecule has 11 heteroatoms. The zero-order valence-corrected chi connectivity index (χ0v) is 16.7. The lowest BCUT2D eigenvalue weighted by Crippen LogP contribution is -2.08. The minimum absolute atomic E-state index is 0.0707. The van der Waals surface area contributed by atoms with Crippen molar-refractivity contribution in [2.24, 2.45) is 7.05 Å². The van der Waals surface area contributed by atoms with Crippen molar-refractivity contribution in [2.45, 2.75) is 4.90 Å². The fourth-order valence-corrected chi connectivity index (χ4v) is 3.46. The quantitative estimate of drug-likeness (QED) is 0.497. The number of oxazole rings is 1. The number of fused-ring (bicyclic) bond motifs is 1. The Labute approximate surface area is 170 Å². The van der Waals surface area contributed by atoms with Crippen LogP contribution < -0.4 is 16.4 Å². The molecule has 0 amide bonds. The standard InChI is InChI=1S/C19H16FN5O4S/c1-25-15-9-12(6-7-16(15)29-19(25)26)22-17-14(20)10-21-18(24-17)23-11-4-3-5-13(8-11)30(2,27)28/h3-10H,1-2H3,(H2,21,22,23,24). The molecular formula is C19H16FN5O4S. The van der Waals surface area contributed by atoms with Crippen LogP contribution >= 0.6 is 0 Å². The number of nitrogens with zero attached hydrogens (tertiary/aromatic N) is 3. The zero-order chi connectivity index (χ0) is 21.5. The fourth-order valence-electron chi connectivity index (χ4n) is 2.79. The van der Waals surface area contributed by atoms with Crippen LogP contribution in [0.1, 0.15) is 0 Å². The minimum Gasteiger partial charge on any atom is -0.408 e. The largest absolute Gasteiger partial charge is 0.419 e. The Morgan fingerprint density at radius 1 is 1.10 bits per heavy atom. The van der Waals surface area contributed by atoms with Crippen LogP contribution in [-0.4, -0.2) is 29.2 Å². The van der Waals surface area contributed by atoms with Gasteiger partial charge >= 0.3 is 5.76 Å². The van der Waals surface area contributed by atoms with Crippen molar-refractivity contribution in [3.8, 4) is 0 Å². The maximum atomic E-state index is 14.2. The second kappa shape index (κ2) is 7.26. The van der Waals surface area contributed by atoms with Crippen LogP contribution in [0.4, 0.5) is 27.5 Å². The Kier molecular flexibility index (Phi) is 4.74. The van der Waals surface area contributed by atoms with Crippen LogP contribution in [0, 0.1) is 5.82 Å². The highest BCUT2D eigenvalue weighted by atomic mass is 32.2. The SMILES string of the molecule is Cn1c(=O)oc2ccc(Nc3nc(Nc4cccc(S(C)(=O)=O)c4)ncc3F)cc21. The first-order chi connectivity index (χ1) is 14.2. The average molecular weight is 429 g/mol. The molecular weight excluding hydrogens is 413 g/mol. The molecule has 2 N–H and O–H groups in total. The summed E-state index contributed by atoms with van der Waals surface area (Å²) in [6.45, 7) is 0. The van der Waals surface area contributed by atoms with Gasteiger partial charge in [0.1, 0.15) is 0 Å². The number of rotatable bonds is 5. The van der Waals surface area contributed by atoms with Gasteiger partial charge in [0.25, 0.3) is 0 Å². The van der Waals surface area contributed by atoms with E-state index < -0.39 is 21.4 Å². The van der Waals surface area contributed by atoms with Crippen molar-refractivity contribution in [1.82, 2.24) is 14.5 Å². The third-order valence-electron chi connectivity index (χ3n) is 4.32. The van der Waals surface area contributed by atoms with Crippen molar-refractivity contribution in [1.29, 1.82) is 0 Å². The van der Waals surface area contributed by atoms with Crippen LogP contribution in [0.5, 0.6) is 0 Å². The molecule has 2 aromatic heterocycles. The van der Waals surface area contributed by atoms with Gasteiger partial charge in [0.2, 0.25) is 5.95 Å². The van der Waals surface area contributed by atoms with Crippen molar-refractivity contribution < 1.29 is 17.2 Å². The molecule has 154 valence electrons. The predicted octanol–water partition coefficient (Wildman–Crippen LogP) is 2.95. The van der Waals surface area contributed by atoms with E-state index in [0.717, 1.165) is 12.5 Å². The van der Waals surface area contributed by atoms with E-state index in [0.29, 0.717) is 22.5 Å². The Bertz CT molecular complexity index is 1430. The summed E-state index contributed by atoms with van der Waals surface area (Å²) in [6.07, 6.45) is 2.10. The number of benzene rings is 2. The number of nitrogens with one attached hydrogen (secondary N) is 2. The second-order valence-electron chi connectivity index (χ2n) is 6.55. The van der Waals surface area contributed by atoms with Crippen molar-refractivity contribution in [3.05, 3.63) is 65.0 Å². The summed E-state index contributed by atoms with van der Waals surface area (Å²) in [5.74, 6) is -1.22. The van der Waals surface area contributed by atoms with E-state index in [9.17, 15) is 17.6 Å². The molecule has 0 saturated heterocycles. The van der Waals surface area contributed by atoms with Gasteiger partial charge in [-0.15, -0.1) is 0 Å². The maximum absolute atomic E-state index is 14.2. The van der Waals surface area contributed by atoms with E-state index in [-0.39, 0.29) is 16.7 Å². The van der Waals surface area contributed by atoms with Crippen LogP contribution in [0.3, 0.4) is 0 Å². The van der Waals surface area contributed by atoms with Crippen LogP contribution in [0.2, 0.25) is 0 Å². The van der Waals surface area contributed by atoms with Gasteiger partial charge in [-0.3, -0.25) is 4.57 Å². The van der Waals surface area contributed by atoms with Crippen LogP contribution in [0.25, 0.3) is 11.1 Å². The normalized spacial score (nSPS) is 11.6. The molecule has 30 heavy (non-hydrogen) atoms. The topological polar surface area (TPSA) is 119 Å². The van der Waals surface area contributed by atoms with E-state index in [4.69, 9.17) is 4.42 Å². The van der Waals surface area contributed by atoms with E-state index in [2.05, 4.69) is 20.6 Å². The number of anilines is 4. The van der Waals surface area contributed by atoms with Gasteiger partial charge in [-0.05, 0) is 36.4 Å². The summed E-state index contributed by atoms with van der Waals surface area (Å²) in [6, 6.07) is 11.0. The molecule has 9 nitrogen and oxygen atoms in total. The number of halogens is 1. The van der Waals surface area contributed by atoms with Crippen molar-refractivity contribution >= 4 is 44.1 Å². The first-order valence-corrected chi connectivity index (χ1v) is 10.6. The number of sulfone groups is 1. The molecule has 0 aliphatic heterocycles. The highest BCUT2D eigenvalue weighted by Crippen LogP contribution is 2.24. The van der Waals surface area contributed by atoms with Crippen LogP contribution in [0.15, 0.2) is 62.8 Å². The molecule has 0 fully saturated rings. The van der Waals surface area contributed by atoms with Gasteiger partial charge < -0.3 is 15.1 Å². The molecule has 2 heterocycles. The number of hydrogen-bond acceptors (Lipinski definition) is 8. The van der Waals surface area contributed by atoms with Gasteiger partial charge in [-0.2, -0.15) is 4.98 Å². The Balaban J connectivity index is 1.63. The number of aromatic nitrogens is 3. The molecule has 0 atom stereocenters. The van der Waals surface area contributed by atoms with E-state index >= 15 is 0 Å². The third-order valence-corrected chi connectivity index (χ3v) is 5.43. The smallest absolute Gasteiger partial charge is 0.408 e. The summed E-state index contributed by atoms with van der Waals surface area (Å²) in [5.41, 5.74) is 1.87. The lowest BCUT2D eigenvalue weighted by Gasteiger charge is -2.10. The summed E-state index contributed by atoms with van der Waals surface area (Å²) < 4.78 is 44.1. The molecule has 0 bridgehead atoms. The maximum Gasteiger partial charge on any atom is 0.419 e. The molecule has 0 saturated carbocycles. The van der Waals surface area contributed by atoms with Gasteiger partial charge in [-0.25, -0.2) is 22.6 Å². The highest BCUT2D eigenvalue weighted by molar-refractivity contribution is 7.90. The Hall–Kier alpha value is -3.73. The molecule has 0 aliphatic rings. The van der Waals surface area contributed by atoms with E-state index in [1.807, 2.05) is 0 Å². The summed E-state index contributed by atoms with van der Waals surface area (Å²) >= 11 is 0. The van der Waals surface area contributed by atoms with Crippen molar-refractivity contribution in [3.63, 3.8) is 0 Å². The summed E-state index contributed by atoms with van der Waals surface area (Å²) in [4.78, 5) is 19.7. The summed E-state index contributed by atoms with van der Waals surface area (Å²) in [7, 11) is -1.81. The average Bonchev–Trinajstić information content (AvgIpc) is 2.98. The van der Waals surface area contributed by atoms with Gasteiger partial charge in [-0.1, -0.05) is 6.07 Å². The fraction of sp³-hybridized carbons (Fsp3) is 0.105. The van der Waals surface area contributed by atoms with Gasteiger partial charge in [0.15, 0.2) is 27.1 Å². The highest BCUT2D eigenvalue weighted by Gasteiger charge is 2.12. The molecule has 2 aromatic carbocycles. The van der Waals surface area contributed by atoms with E-state index in [1.165, 1.54) is 16.7 Å². The molecule has 0 unspecified atom stereocenters. The third kappa shape index (κ3) is 3.87. The van der Waals surface area contributed by atoms with Gasteiger partial charge in [0, 0.05) is 24.7 Å². The lowest BCUT2D eigenvalue weighted by atomic mass is 10.3. The molecule has 0 aliphatic carbocycles.